The summed E-state index contributed by atoms with van der Waals surface area (Å²) in [7, 11) is 0. The molecule has 84 valence electrons. The first-order valence-electron chi connectivity index (χ1n) is 4.43. The molecule has 0 saturated carbocycles. The van der Waals surface area contributed by atoms with Crippen molar-refractivity contribution < 1.29 is 14.4 Å². The minimum absolute atomic E-state index is 0.0871. The minimum Gasteiger partial charge on any atom is -0.269 e. The van der Waals surface area contributed by atoms with Crippen LogP contribution >= 0.6 is 15.9 Å². The highest BCUT2D eigenvalue weighted by Gasteiger charge is 2.39. The molecule has 0 bridgehead atoms. The van der Waals surface area contributed by atoms with E-state index in [1.54, 1.807) is 6.07 Å². The number of nitrogens with zero attached hydrogens (tertiary/aromatic N) is 2. The van der Waals surface area contributed by atoms with E-state index in [2.05, 4.69) is 15.9 Å². The number of carbonyl (C=O) groups is 3. The lowest BCUT2D eigenvalue weighted by Crippen LogP contribution is -2.31. The van der Waals surface area contributed by atoms with Gasteiger partial charge in [-0.3, -0.25) is 14.9 Å². The van der Waals surface area contributed by atoms with E-state index in [4.69, 9.17) is 5.26 Å². The molecule has 0 unspecified atom stereocenters. The number of hydrogen-bond acceptors (Lipinski definition) is 4. The van der Waals surface area contributed by atoms with Crippen LogP contribution in [0, 0.1) is 11.3 Å². The Labute approximate surface area is 104 Å². The van der Waals surface area contributed by atoms with E-state index in [9.17, 15) is 14.4 Å². The fourth-order valence-corrected chi connectivity index (χ4v) is 1.77. The van der Waals surface area contributed by atoms with E-state index in [-0.39, 0.29) is 11.3 Å². The molecule has 7 heteroatoms. The van der Waals surface area contributed by atoms with Crippen LogP contribution < -0.4 is 10.2 Å². The zero-order valence-electron chi connectivity index (χ0n) is 8.23. The molecule has 0 spiro atoms. The Morgan fingerprint density at radius 2 is 2.00 bits per heavy atom. The van der Waals surface area contributed by atoms with Crippen molar-refractivity contribution in [3.63, 3.8) is 0 Å². The van der Waals surface area contributed by atoms with Crippen molar-refractivity contribution in [1.29, 1.82) is 5.26 Å². The molecule has 0 aliphatic carbocycles. The number of benzene rings is 1. The lowest BCUT2D eigenvalue weighted by atomic mass is 10.2. The third-order valence-corrected chi connectivity index (χ3v) is 2.63. The maximum absolute atomic E-state index is 11.4. The van der Waals surface area contributed by atoms with Crippen molar-refractivity contribution in [1.82, 2.24) is 5.32 Å². The van der Waals surface area contributed by atoms with Crippen LogP contribution in [0.25, 0.3) is 0 Å². The monoisotopic (exact) mass is 293 g/mol. The first kappa shape index (κ1) is 11.3. The van der Waals surface area contributed by atoms with Gasteiger partial charge in [0.2, 0.25) is 0 Å². The molecule has 1 saturated heterocycles. The van der Waals surface area contributed by atoms with Crippen molar-refractivity contribution in [2.75, 3.05) is 4.90 Å². The van der Waals surface area contributed by atoms with Crippen molar-refractivity contribution in [3.05, 3.63) is 28.2 Å². The van der Waals surface area contributed by atoms with Gasteiger partial charge in [0.1, 0.15) is 6.07 Å². The molecule has 2 rings (SSSR count). The maximum atomic E-state index is 11.4. The van der Waals surface area contributed by atoms with E-state index in [1.807, 2.05) is 11.4 Å². The molecule has 4 amide bonds. The smallest absolute Gasteiger partial charge is 0.269 e. The third-order valence-electron chi connectivity index (χ3n) is 2.14. The average molecular weight is 294 g/mol. The number of nitriles is 1. The summed E-state index contributed by atoms with van der Waals surface area (Å²) in [5, 5.41) is 10.8. The van der Waals surface area contributed by atoms with Gasteiger partial charge in [0, 0.05) is 4.47 Å². The number of nitrogens with one attached hydrogen (secondary N) is 1. The van der Waals surface area contributed by atoms with Gasteiger partial charge in [-0.1, -0.05) is 15.9 Å². The summed E-state index contributed by atoms with van der Waals surface area (Å²) >= 11 is 3.17. The lowest BCUT2D eigenvalue weighted by Gasteiger charge is -2.12. The van der Waals surface area contributed by atoms with Crippen molar-refractivity contribution >= 4 is 39.5 Å². The second kappa shape index (κ2) is 3.99. The fraction of sp³-hybridized carbons (Fsp3) is 0. The van der Waals surface area contributed by atoms with E-state index >= 15 is 0 Å². The molecule has 1 heterocycles. The molecule has 1 aliphatic heterocycles. The van der Waals surface area contributed by atoms with Crippen LogP contribution in [0.3, 0.4) is 0 Å². The number of anilines is 1. The zero-order chi connectivity index (χ0) is 12.6. The van der Waals surface area contributed by atoms with Crippen molar-refractivity contribution in [2.45, 2.75) is 0 Å². The first-order chi connectivity index (χ1) is 8.04. The highest BCUT2D eigenvalue weighted by atomic mass is 79.9. The Balaban J connectivity index is 2.55. The molecular formula is C10H4BrN3O3. The highest BCUT2D eigenvalue weighted by Crippen LogP contribution is 2.25. The van der Waals surface area contributed by atoms with Crippen molar-refractivity contribution in [3.8, 4) is 6.07 Å². The Kier molecular flexibility index (Phi) is 2.65. The van der Waals surface area contributed by atoms with Gasteiger partial charge in [0.05, 0.1) is 11.3 Å². The predicted molar refractivity (Wildman–Crippen MR) is 59.9 cm³/mol. The molecular weight excluding hydrogens is 290 g/mol. The van der Waals surface area contributed by atoms with Gasteiger partial charge in [-0.05, 0) is 18.2 Å². The molecule has 0 aromatic heterocycles. The number of imide groups is 2. The molecule has 0 radical (unpaired) electrons. The molecule has 1 aromatic rings. The van der Waals surface area contributed by atoms with Crippen LogP contribution in [0.4, 0.5) is 10.5 Å². The molecule has 1 aromatic carbocycles. The van der Waals surface area contributed by atoms with Crippen LogP contribution in [-0.2, 0) is 9.59 Å². The molecule has 1 N–H and O–H groups in total. The number of halogens is 1. The summed E-state index contributed by atoms with van der Waals surface area (Å²) in [5.41, 5.74) is 0.210. The second-order valence-electron chi connectivity index (χ2n) is 3.17. The number of hydrogen-bond donors (Lipinski definition) is 1. The van der Waals surface area contributed by atoms with Gasteiger partial charge in [-0.25, -0.2) is 9.69 Å². The van der Waals surface area contributed by atoms with Gasteiger partial charge in [0.25, 0.3) is 0 Å². The molecule has 1 fully saturated rings. The van der Waals surface area contributed by atoms with Gasteiger partial charge in [-0.15, -0.1) is 0 Å². The molecule has 6 nitrogen and oxygen atoms in total. The lowest BCUT2D eigenvalue weighted by molar-refractivity contribution is -0.134. The summed E-state index contributed by atoms with van der Waals surface area (Å²) in [6.45, 7) is 0. The van der Waals surface area contributed by atoms with Crippen LogP contribution in [0.15, 0.2) is 22.7 Å². The van der Waals surface area contributed by atoms with Gasteiger partial charge < -0.3 is 0 Å². The maximum Gasteiger partial charge on any atom is 0.336 e. The largest absolute Gasteiger partial charge is 0.336 e. The highest BCUT2D eigenvalue weighted by molar-refractivity contribution is 9.10. The van der Waals surface area contributed by atoms with E-state index in [1.165, 1.54) is 12.1 Å². The third kappa shape index (κ3) is 1.79. The zero-order valence-corrected chi connectivity index (χ0v) is 9.82. The Morgan fingerprint density at radius 1 is 1.29 bits per heavy atom. The van der Waals surface area contributed by atoms with Gasteiger partial charge in [-0.2, -0.15) is 5.26 Å². The Hall–Kier alpha value is -2.20. The second-order valence-corrected chi connectivity index (χ2v) is 4.09. The number of urea groups is 1. The molecule has 1 aliphatic rings. The average Bonchev–Trinajstić information content (AvgIpc) is 2.54. The van der Waals surface area contributed by atoms with Crippen LogP contribution in [-0.4, -0.2) is 17.8 Å². The van der Waals surface area contributed by atoms with Gasteiger partial charge >= 0.3 is 17.8 Å². The van der Waals surface area contributed by atoms with Crippen LogP contribution in [0.5, 0.6) is 0 Å². The number of amides is 4. The first-order valence-corrected chi connectivity index (χ1v) is 5.23. The van der Waals surface area contributed by atoms with Crippen LogP contribution in [0.1, 0.15) is 5.56 Å². The number of carbonyl (C=O) groups excluding carboxylic acids is 3. The standard InChI is InChI=1S/C10H4BrN3O3/c11-6-1-2-7(5(3-6)4-12)14-9(16)8(15)13-10(14)17/h1-3H,(H,13,15,17). The Morgan fingerprint density at radius 3 is 2.53 bits per heavy atom. The van der Waals surface area contributed by atoms with E-state index < -0.39 is 17.8 Å². The van der Waals surface area contributed by atoms with Gasteiger partial charge in [0.15, 0.2) is 0 Å². The minimum atomic E-state index is -0.998. The predicted octanol–water partition coefficient (Wildman–Crippen LogP) is 0.904. The Bertz CT molecular complexity index is 591. The summed E-state index contributed by atoms with van der Waals surface area (Å²) in [4.78, 5) is 34.5. The van der Waals surface area contributed by atoms with Crippen LogP contribution in [0.2, 0.25) is 0 Å². The number of rotatable bonds is 1. The SMILES string of the molecule is N#Cc1cc(Br)ccc1N1C(=O)NC(=O)C1=O. The normalized spacial score (nSPS) is 14.8. The summed E-state index contributed by atoms with van der Waals surface area (Å²) in [6.07, 6.45) is 0. The van der Waals surface area contributed by atoms with E-state index in [0.717, 1.165) is 0 Å². The van der Waals surface area contributed by atoms with E-state index in [0.29, 0.717) is 9.37 Å². The fourth-order valence-electron chi connectivity index (χ4n) is 1.41. The summed E-state index contributed by atoms with van der Waals surface area (Å²) in [6, 6.07) is 5.45. The molecule has 0 atom stereocenters. The molecule has 17 heavy (non-hydrogen) atoms. The summed E-state index contributed by atoms with van der Waals surface area (Å²) in [5.74, 6) is -1.99. The summed E-state index contributed by atoms with van der Waals surface area (Å²) < 4.78 is 0.635. The van der Waals surface area contributed by atoms with Crippen molar-refractivity contribution in [2.24, 2.45) is 0 Å². The quantitative estimate of drug-likeness (QED) is 0.615. The topological polar surface area (TPSA) is 90.3 Å².